The maximum Gasteiger partial charge on any atom is 0.128 e. The predicted molar refractivity (Wildman–Crippen MR) is 80.2 cm³/mol. The summed E-state index contributed by atoms with van der Waals surface area (Å²) in [6.07, 6.45) is 1.22. The standard InChI is InChI=1S/C15H22FNO4S/c1-14(2,18)15(5-7-21-8-6-15)12-4-3-11(13(16)9-12)10-17-22(19)20/h3-4,9,17-18H,5-8,10H2,1-2H3,(H,19,20)/p-1. The molecule has 2 rings (SSSR count). The lowest BCUT2D eigenvalue weighted by Gasteiger charge is -2.46. The Labute approximate surface area is 132 Å². The molecule has 124 valence electrons. The maximum atomic E-state index is 14.3. The molecule has 0 radical (unpaired) electrons. The molecule has 1 heterocycles. The highest BCUT2D eigenvalue weighted by Gasteiger charge is 2.46. The Balaban J connectivity index is 2.33. The van der Waals surface area contributed by atoms with E-state index >= 15 is 0 Å². The Morgan fingerprint density at radius 2 is 2.09 bits per heavy atom. The molecule has 0 amide bonds. The van der Waals surface area contributed by atoms with Crippen LogP contribution in [0.5, 0.6) is 0 Å². The summed E-state index contributed by atoms with van der Waals surface area (Å²) < 4.78 is 42.8. The summed E-state index contributed by atoms with van der Waals surface area (Å²) in [6, 6.07) is 4.72. The molecule has 1 atom stereocenters. The maximum absolute atomic E-state index is 14.3. The normalized spacial score (nSPS) is 19.9. The van der Waals surface area contributed by atoms with Crippen LogP contribution in [0.4, 0.5) is 4.39 Å². The summed E-state index contributed by atoms with van der Waals surface area (Å²) in [5.74, 6) is -0.481. The lowest BCUT2D eigenvalue weighted by Crippen LogP contribution is -2.51. The second kappa shape index (κ2) is 6.72. The quantitative estimate of drug-likeness (QED) is 0.802. The van der Waals surface area contributed by atoms with Gasteiger partial charge in [-0.3, -0.25) is 4.21 Å². The Morgan fingerprint density at radius 1 is 1.45 bits per heavy atom. The highest BCUT2D eigenvalue weighted by Crippen LogP contribution is 2.44. The van der Waals surface area contributed by atoms with Crippen LogP contribution in [-0.2, 0) is 28.0 Å². The topological polar surface area (TPSA) is 81.6 Å². The van der Waals surface area contributed by atoms with Gasteiger partial charge in [0, 0.05) is 42.0 Å². The van der Waals surface area contributed by atoms with Crippen LogP contribution in [0.15, 0.2) is 18.2 Å². The molecule has 0 aliphatic carbocycles. The minimum absolute atomic E-state index is 0.0964. The van der Waals surface area contributed by atoms with Crippen LogP contribution in [0.1, 0.15) is 37.8 Å². The summed E-state index contributed by atoms with van der Waals surface area (Å²) in [7, 11) is 0. The van der Waals surface area contributed by atoms with Gasteiger partial charge < -0.3 is 14.4 Å². The van der Waals surface area contributed by atoms with Gasteiger partial charge in [0.15, 0.2) is 0 Å². The smallest absolute Gasteiger partial charge is 0.128 e. The number of nitrogens with one attached hydrogen (secondary N) is 1. The Bertz CT molecular complexity index is 553. The highest BCUT2D eigenvalue weighted by atomic mass is 32.2. The molecule has 5 nitrogen and oxygen atoms in total. The Hall–Kier alpha value is -0.860. The molecule has 7 heteroatoms. The van der Waals surface area contributed by atoms with Gasteiger partial charge in [-0.15, -0.1) is 0 Å². The molecule has 0 saturated carbocycles. The van der Waals surface area contributed by atoms with Gasteiger partial charge in [0.1, 0.15) is 5.82 Å². The lowest BCUT2D eigenvalue weighted by atomic mass is 9.64. The molecule has 1 unspecified atom stereocenters. The van der Waals surface area contributed by atoms with E-state index in [1.165, 1.54) is 6.07 Å². The van der Waals surface area contributed by atoms with Crippen LogP contribution in [0.25, 0.3) is 0 Å². The average molecular weight is 330 g/mol. The molecule has 1 aliphatic heterocycles. The number of hydrogen-bond donors (Lipinski definition) is 2. The van der Waals surface area contributed by atoms with Crippen molar-refractivity contribution in [2.75, 3.05) is 13.2 Å². The van der Waals surface area contributed by atoms with Crippen LogP contribution in [-0.4, -0.2) is 32.7 Å². The average Bonchev–Trinajstić information content (AvgIpc) is 2.45. The van der Waals surface area contributed by atoms with Crippen molar-refractivity contribution in [3.8, 4) is 0 Å². The summed E-state index contributed by atoms with van der Waals surface area (Å²) >= 11 is -2.43. The molecule has 2 N–H and O–H groups in total. The first-order valence-electron chi connectivity index (χ1n) is 7.18. The van der Waals surface area contributed by atoms with E-state index in [1.807, 2.05) is 0 Å². The van der Waals surface area contributed by atoms with Crippen LogP contribution in [0, 0.1) is 5.82 Å². The lowest BCUT2D eigenvalue weighted by molar-refractivity contribution is -0.0663. The van der Waals surface area contributed by atoms with Crippen molar-refractivity contribution >= 4 is 11.3 Å². The fourth-order valence-corrected chi connectivity index (χ4v) is 3.37. The van der Waals surface area contributed by atoms with Crippen molar-refractivity contribution in [1.29, 1.82) is 0 Å². The van der Waals surface area contributed by atoms with Crippen molar-refractivity contribution < 1.29 is 23.0 Å². The van der Waals surface area contributed by atoms with Gasteiger partial charge in [0.25, 0.3) is 0 Å². The van der Waals surface area contributed by atoms with Crippen molar-refractivity contribution in [1.82, 2.24) is 4.72 Å². The zero-order chi connectivity index (χ0) is 16.4. The molecular formula is C15H21FNO4S-. The first-order valence-corrected chi connectivity index (χ1v) is 8.25. The number of aliphatic hydroxyl groups is 1. The van der Waals surface area contributed by atoms with E-state index in [4.69, 9.17) is 4.74 Å². The largest absolute Gasteiger partial charge is 0.760 e. The third kappa shape index (κ3) is 3.55. The highest BCUT2D eigenvalue weighted by molar-refractivity contribution is 7.77. The van der Waals surface area contributed by atoms with E-state index in [1.54, 1.807) is 26.0 Å². The Kier molecular flexibility index (Phi) is 5.34. The third-order valence-corrected chi connectivity index (χ3v) is 4.88. The first-order chi connectivity index (χ1) is 10.3. The summed E-state index contributed by atoms with van der Waals surface area (Å²) in [5.41, 5.74) is -0.600. The molecule has 22 heavy (non-hydrogen) atoms. The molecule has 0 spiro atoms. The number of hydrogen-bond acceptors (Lipinski definition) is 4. The second-order valence-corrected chi connectivity index (χ2v) is 6.87. The SMILES string of the molecule is CC(C)(O)C1(c2ccc(CNS(=O)[O-])c(F)c2)CCOCC1. The van der Waals surface area contributed by atoms with Gasteiger partial charge in [-0.05, 0) is 38.3 Å². The molecule has 1 aliphatic rings. The molecule has 0 bridgehead atoms. The Morgan fingerprint density at radius 3 is 2.59 bits per heavy atom. The fraction of sp³-hybridized carbons (Fsp3) is 0.600. The monoisotopic (exact) mass is 330 g/mol. The predicted octanol–water partition coefficient (Wildman–Crippen LogP) is 1.53. The van der Waals surface area contributed by atoms with E-state index in [0.717, 1.165) is 0 Å². The minimum Gasteiger partial charge on any atom is -0.760 e. The van der Waals surface area contributed by atoms with Crippen LogP contribution < -0.4 is 4.72 Å². The minimum atomic E-state index is -2.43. The summed E-state index contributed by atoms with van der Waals surface area (Å²) in [6.45, 7) is 4.40. The van der Waals surface area contributed by atoms with E-state index < -0.39 is 28.1 Å². The van der Waals surface area contributed by atoms with E-state index in [-0.39, 0.29) is 12.1 Å². The molecule has 1 fully saturated rings. The summed E-state index contributed by atoms with van der Waals surface area (Å²) in [4.78, 5) is 0. The van der Waals surface area contributed by atoms with Gasteiger partial charge in [0.05, 0.1) is 5.60 Å². The third-order valence-electron chi connectivity index (χ3n) is 4.50. The summed E-state index contributed by atoms with van der Waals surface area (Å²) in [5, 5.41) is 10.6. The number of benzene rings is 1. The number of halogens is 1. The molecule has 0 aromatic heterocycles. The van der Waals surface area contributed by atoms with E-state index in [0.29, 0.717) is 31.6 Å². The van der Waals surface area contributed by atoms with E-state index in [9.17, 15) is 18.3 Å². The van der Waals surface area contributed by atoms with Crippen LogP contribution in [0.3, 0.4) is 0 Å². The van der Waals surface area contributed by atoms with Crippen molar-refractivity contribution in [2.45, 2.75) is 44.2 Å². The van der Waals surface area contributed by atoms with Gasteiger partial charge >= 0.3 is 0 Å². The van der Waals surface area contributed by atoms with Crippen molar-refractivity contribution in [3.63, 3.8) is 0 Å². The first kappa shape index (κ1) is 17.5. The van der Waals surface area contributed by atoms with Crippen molar-refractivity contribution in [3.05, 3.63) is 35.1 Å². The fourth-order valence-electron chi connectivity index (χ4n) is 3.10. The van der Waals surface area contributed by atoms with Gasteiger partial charge in [-0.25, -0.2) is 9.11 Å². The van der Waals surface area contributed by atoms with Crippen LogP contribution >= 0.6 is 0 Å². The zero-order valence-electron chi connectivity index (χ0n) is 12.7. The van der Waals surface area contributed by atoms with Gasteiger partial charge in [0.2, 0.25) is 0 Å². The second-order valence-electron chi connectivity index (χ2n) is 6.12. The molecular weight excluding hydrogens is 309 g/mol. The molecule has 1 aromatic carbocycles. The number of rotatable bonds is 5. The van der Waals surface area contributed by atoms with E-state index in [2.05, 4.69) is 4.72 Å². The number of ether oxygens (including phenoxy) is 1. The van der Waals surface area contributed by atoms with Crippen LogP contribution in [0.2, 0.25) is 0 Å². The van der Waals surface area contributed by atoms with Gasteiger partial charge in [-0.1, -0.05) is 12.1 Å². The van der Waals surface area contributed by atoms with Gasteiger partial charge in [-0.2, -0.15) is 0 Å². The van der Waals surface area contributed by atoms with Crippen molar-refractivity contribution in [2.24, 2.45) is 0 Å². The molecule has 1 aromatic rings. The molecule has 1 saturated heterocycles. The zero-order valence-corrected chi connectivity index (χ0v) is 13.5.